The Kier molecular flexibility index (Phi) is 4.60. The fourth-order valence-electron chi connectivity index (χ4n) is 1.08. The van der Waals surface area contributed by atoms with Gasteiger partial charge in [0.2, 0.25) is 0 Å². The van der Waals surface area contributed by atoms with Gasteiger partial charge in [0.05, 0.1) is 10.9 Å². The van der Waals surface area contributed by atoms with E-state index in [-0.39, 0.29) is 12.5 Å². The Morgan fingerprint density at radius 2 is 2.20 bits per heavy atom. The third-order valence-corrected chi connectivity index (χ3v) is 2.80. The first-order valence-corrected chi connectivity index (χ1v) is 5.91. The van der Waals surface area contributed by atoms with E-state index in [0.29, 0.717) is 5.75 Å². The highest BCUT2D eigenvalue weighted by Gasteiger charge is 2.10. The van der Waals surface area contributed by atoms with E-state index in [4.69, 9.17) is 9.84 Å². The van der Waals surface area contributed by atoms with Crippen molar-refractivity contribution < 1.29 is 14.6 Å². The summed E-state index contributed by atoms with van der Waals surface area (Å²) >= 11 is 6.66. The van der Waals surface area contributed by atoms with Crippen molar-refractivity contribution in [3.8, 4) is 5.75 Å². The molecule has 1 rings (SSSR count). The molecule has 0 radical (unpaired) electrons. The fourth-order valence-corrected chi connectivity index (χ4v) is 2.22. The second kappa shape index (κ2) is 5.51. The predicted octanol–water partition coefficient (Wildman–Crippen LogP) is 3.45. The number of carboxylic acids is 1. The van der Waals surface area contributed by atoms with Gasteiger partial charge in [0, 0.05) is 4.47 Å². The van der Waals surface area contributed by atoms with Crippen LogP contribution in [0.5, 0.6) is 5.75 Å². The molecule has 0 aliphatic rings. The molecule has 0 aliphatic heterocycles. The summed E-state index contributed by atoms with van der Waals surface area (Å²) in [5, 5.41) is 8.58. The van der Waals surface area contributed by atoms with Crippen molar-refractivity contribution in [1.82, 2.24) is 0 Å². The second-order valence-corrected chi connectivity index (χ2v) is 4.87. The lowest BCUT2D eigenvalue weighted by Gasteiger charge is -2.13. The number of ether oxygens (including phenoxy) is 1. The van der Waals surface area contributed by atoms with Crippen LogP contribution < -0.4 is 4.74 Å². The number of hydrogen-bond acceptors (Lipinski definition) is 2. The van der Waals surface area contributed by atoms with Gasteiger partial charge in [-0.15, -0.1) is 0 Å². The highest BCUT2D eigenvalue weighted by atomic mass is 79.9. The summed E-state index contributed by atoms with van der Waals surface area (Å²) in [6, 6.07) is 5.48. The van der Waals surface area contributed by atoms with E-state index in [0.717, 1.165) is 8.95 Å². The molecule has 1 N–H and O–H groups in total. The molecule has 0 aromatic heterocycles. The average molecular weight is 338 g/mol. The van der Waals surface area contributed by atoms with E-state index in [1.165, 1.54) is 0 Å². The van der Waals surface area contributed by atoms with Gasteiger partial charge in [-0.1, -0.05) is 15.9 Å². The molecule has 1 aromatic carbocycles. The summed E-state index contributed by atoms with van der Waals surface area (Å²) in [5.74, 6) is -0.220. The lowest BCUT2D eigenvalue weighted by molar-refractivity contribution is -0.138. The van der Waals surface area contributed by atoms with Crippen LogP contribution in [0.2, 0.25) is 0 Å². The third-order valence-electron chi connectivity index (χ3n) is 1.68. The van der Waals surface area contributed by atoms with Gasteiger partial charge in [-0.25, -0.2) is 0 Å². The quantitative estimate of drug-likeness (QED) is 0.915. The van der Waals surface area contributed by atoms with Gasteiger partial charge < -0.3 is 9.84 Å². The molecule has 82 valence electrons. The molecule has 0 saturated carbocycles. The van der Waals surface area contributed by atoms with Crippen molar-refractivity contribution in [2.24, 2.45) is 0 Å². The maximum absolute atomic E-state index is 10.4. The topological polar surface area (TPSA) is 46.5 Å². The van der Waals surface area contributed by atoms with Crippen LogP contribution in [0.25, 0.3) is 0 Å². The number of carbonyl (C=O) groups is 1. The Balaban J connectivity index is 2.68. The molecule has 0 spiro atoms. The van der Waals surface area contributed by atoms with Gasteiger partial charge in [-0.3, -0.25) is 4.79 Å². The van der Waals surface area contributed by atoms with Crippen LogP contribution in [-0.2, 0) is 4.79 Å². The van der Waals surface area contributed by atoms with Crippen LogP contribution in [0.3, 0.4) is 0 Å². The molecular formula is C10H10Br2O3. The maximum Gasteiger partial charge on any atom is 0.307 e. The molecule has 0 fully saturated rings. The van der Waals surface area contributed by atoms with Crippen LogP contribution in [0.1, 0.15) is 13.3 Å². The normalized spacial score (nSPS) is 12.2. The van der Waals surface area contributed by atoms with Crippen LogP contribution in [0.4, 0.5) is 0 Å². The molecule has 1 atom stereocenters. The van der Waals surface area contributed by atoms with E-state index >= 15 is 0 Å². The Morgan fingerprint density at radius 1 is 1.53 bits per heavy atom. The van der Waals surface area contributed by atoms with E-state index in [1.54, 1.807) is 13.0 Å². The maximum atomic E-state index is 10.4. The second-order valence-electron chi connectivity index (χ2n) is 3.10. The first-order valence-electron chi connectivity index (χ1n) is 4.32. The lowest BCUT2D eigenvalue weighted by atomic mass is 10.3. The van der Waals surface area contributed by atoms with Crippen molar-refractivity contribution in [2.75, 3.05) is 0 Å². The fraction of sp³-hybridized carbons (Fsp3) is 0.300. The van der Waals surface area contributed by atoms with Gasteiger partial charge in [-0.05, 0) is 41.1 Å². The highest BCUT2D eigenvalue weighted by molar-refractivity contribution is 9.11. The zero-order valence-corrected chi connectivity index (χ0v) is 11.2. The van der Waals surface area contributed by atoms with Gasteiger partial charge in [-0.2, -0.15) is 0 Å². The first-order chi connectivity index (χ1) is 6.99. The average Bonchev–Trinajstić information content (AvgIpc) is 2.08. The largest absolute Gasteiger partial charge is 0.489 e. The Labute approximate surface area is 105 Å². The van der Waals surface area contributed by atoms with Gasteiger partial charge in [0.25, 0.3) is 0 Å². The molecule has 0 saturated heterocycles. The van der Waals surface area contributed by atoms with E-state index in [1.807, 2.05) is 12.1 Å². The first kappa shape index (κ1) is 12.5. The number of aliphatic carboxylic acids is 1. The van der Waals surface area contributed by atoms with Gasteiger partial charge in [0.1, 0.15) is 11.9 Å². The number of hydrogen-bond donors (Lipinski definition) is 1. The molecule has 5 heteroatoms. The van der Waals surface area contributed by atoms with Crippen molar-refractivity contribution in [3.63, 3.8) is 0 Å². The molecule has 0 aliphatic carbocycles. The van der Waals surface area contributed by atoms with E-state index < -0.39 is 5.97 Å². The minimum Gasteiger partial charge on any atom is -0.489 e. The number of carboxylic acid groups (broad SMARTS) is 1. The molecule has 3 nitrogen and oxygen atoms in total. The van der Waals surface area contributed by atoms with Crippen LogP contribution in [0, 0.1) is 0 Å². The van der Waals surface area contributed by atoms with Crippen LogP contribution in [-0.4, -0.2) is 17.2 Å². The lowest BCUT2D eigenvalue weighted by Crippen LogP contribution is -2.16. The number of benzene rings is 1. The zero-order chi connectivity index (χ0) is 11.4. The Hall–Kier alpha value is -0.550. The smallest absolute Gasteiger partial charge is 0.307 e. The van der Waals surface area contributed by atoms with E-state index in [2.05, 4.69) is 31.9 Å². The standard InChI is InChI=1S/C10H10Br2O3/c1-6(4-10(13)14)15-9-3-2-7(11)5-8(9)12/h2-3,5-6H,4H2,1H3,(H,13,14). The summed E-state index contributed by atoms with van der Waals surface area (Å²) in [7, 11) is 0. The van der Waals surface area contributed by atoms with Crippen LogP contribution >= 0.6 is 31.9 Å². The molecule has 15 heavy (non-hydrogen) atoms. The molecule has 0 amide bonds. The van der Waals surface area contributed by atoms with Gasteiger partial charge >= 0.3 is 5.97 Å². The minimum atomic E-state index is -0.865. The monoisotopic (exact) mass is 336 g/mol. The van der Waals surface area contributed by atoms with Crippen LogP contribution in [0.15, 0.2) is 27.1 Å². The van der Waals surface area contributed by atoms with Crippen molar-refractivity contribution in [1.29, 1.82) is 0 Å². The van der Waals surface area contributed by atoms with Crippen molar-refractivity contribution >= 4 is 37.8 Å². The molecule has 0 heterocycles. The highest BCUT2D eigenvalue weighted by Crippen LogP contribution is 2.29. The molecule has 1 unspecified atom stereocenters. The number of rotatable bonds is 4. The molecule has 0 bridgehead atoms. The van der Waals surface area contributed by atoms with Gasteiger partial charge in [0.15, 0.2) is 0 Å². The van der Waals surface area contributed by atoms with Crippen molar-refractivity contribution in [2.45, 2.75) is 19.4 Å². The summed E-state index contributed by atoms with van der Waals surface area (Å²) < 4.78 is 7.20. The predicted molar refractivity (Wildman–Crippen MR) is 64.2 cm³/mol. The number of halogens is 2. The SMILES string of the molecule is CC(CC(=O)O)Oc1ccc(Br)cc1Br. The molecule has 1 aromatic rings. The Bertz CT molecular complexity index is 366. The zero-order valence-electron chi connectivity index (χ0n) is 8.04. The minimum absolute atomic E-state index is 0.0114. The summed E-state index contributed by atoms with van der Waals surface area (Å²) in [5.41, 5.74) is 0. The summed E-state index contributed by atoms with van der Waals surface area (Å²) in [6.07, 6.45) is -0.359. The van der Waals surface area contributed by atoms with E-state index in [9.17, 15) is 4.79 Å². The summed E-state index contributed by atoms with van der Waals surface area (Å²) in [6.45, 7) is 1.72. The Morgan fingerprint density at radius 3 is 2.73 bits per heavy atom. The van der Waals surface area contributed by atoms with Crippen molar-refractivity contribution in [3.05, 3.63) is 27.1 Å². The third kappa shape index (κ3) is 4.22. The summed E-state index contributed by atoms with van der Waals surface area (Å²) in [4.78, 5) is 10.4. The molecular weight excluding hydrogens is 328 g/mol.